The molecule has 9 heteroatoms. The number of hydrogen-bond donors (Lipinski definition) is 4. The zero-order valence-corrected chi connectivity index (χ0v) is 15.4. The number of esters is 1. The van der Waals surface area contributed by atoms with Crippen molar-refractivity contribution in [2.45, 2.75) is 19.4 Å². The molecule has 1 aromatic rings. The Bertz CT molecular complexity index is 846. The van der Waals surface area contributed by atoms with Crippen LogP contribution in [0, 0.1) is 0 Å². The summed E-state index contributed by atoms with van der Waals surface area (Å²) in [6, 6.07) is 4.98. The van der Waals surface area contributed by atoms with E-state index in [0.717, 1.165) is 5.56 Å². The first-order valence-corrected chi connectivity index (χ1v) is 8.49. The van der Waals surface area contributed by atoms with E-state index in [1.54, 1.807) is 12.1 Å². The number of nitrogens with one attached hydrogen (secondary N) is 3. The second-order valence-electron chi connectivity index (χ2n) is 6.88. The number of amides is 3. The summed E-state index contributed by atoms with van der Waals surface area (Å²) in [6.45, 7) is 3.74. The quantitative estimate of drug-likeness (QED) is 0.564. The smallest absolute Gasteiger partial charge is 0.337 e. The number of rotatable bonds is 5. The lowest BCUT2D eigenvalue weighted by Gasteiger charge is -2.34. The highest BCUT2D eigenvalue weighted by molar-refractivity contribution is 6.08. The normalized spacial score (nSPS) is 18.0. The minimum absolute atomic E-state index is 0.0719. The molecule has 27 heavy (non-hydrogen) atoms. The van der Waals surface area contributed by atoms with E-state index in [1.807, 2.05) is 19.9 Å². The van der Waals surface area contributed by atoms with Gasteiger partial charge < -0.3 is 30.7 Å². The molecular formula is C18H22N4O5. The number of nitrogens with zero attached hydrogens (tertiary/aromatic N) is 1. The van der Waals surface area contributed by atoms with Crippen LogP contribution in [-0.4, -0.2) is 54.7 Å². The molecule has 0 saturated heterocycles. The van der Waals surface area contributed by atoms with Crippen LogP contribution in [-0.2, 0) is 19.9 Å². The molecule has 3 rings (SSSR count). The van der Waals surface area contributed by atoms with E-state index in [9.17, 15) is 14.4 Å². The van der Waals surface area contributed by atoms with E-state index in [4.69, 9.17) is 9.84 Å². The second-order valence-corrected chi connectivity index (χ2v) is 6.88. The maximum Gasteiger partial charge on any atom is 0.337 e. The van der Waals surface area contributed by atoms with Gasteiger partial charge in [-0.25, -0.2) is 9.59 Å². The van der Waals surface area contributed by atoms with Crippen molar-refractivity contribution in [1.29, 1.82) is 0 Å². The van der Waals surface area contributed by atoms with Crippen molar-refractivity contribution in [3.8, 4) is 0 Å². The van der Waals surface area contributed by atoms with Gasteiger partial charge in [-0.2, -0.15) is 0 Å². The molecule has 0 aliphatic carbocycles. The molecule has 0 fully saturated rings. The third-order valence-corrected chi connectivity index (χ3v) is 4.59. The van der Waals surface area contributed by atoms with E-state index in [1.165, 1.54) is 12.0 Å². The molecule has 0 bridgehead atoms. The lowest BCUT2D eigenvalue weighted by atomic mass is 9.90. The Morgan fingerprint density at radius 3 is 2.78 bits per heavy atom. The van der Waals surface area contributed by atoms with Crippen LogP contribution in [0.4, 0.5) is 16.2 Å². The zero-order valence-electron chi connectivity index (χ0n) is 15.4. The molecule has 0 atom stereocenters. The van der Waals surface area contributed by atoms with E-state index in [0.29, 0.717) is 11.4 Å². The first-order chi connectivity index (χ1) is 12.8. The molecular weight excluding hydrogens is 352 g/mol. The number of anilines is 2. The Morgan fingerprint density at radius 2 is 2.11 bits per heavy atom. The number of carbonyl (C=O) groups excluding carboxylic acids is 3. The summed E-state index contributed by atoms with van der Waals surface area (Å²) >= 11 is 0. The number of ether oxygens (including phenoxy) is 1. The number of benzene rings is 1. The summed E-state index contributed by atoms with van der Waals surface area (Å²) in [6.07, 6.45) is 0. The third-order valence-electron chi connectivity index (χ3n) is 4.59. The van der Waals surface area contributed by atoms with Crippen LogP contribution in [0.5, 0.6) is 0 Å². The third kappa shape index (κ3) is 3.45. The average Bonchev–Trinajstić information content (AvgIpc) is 2.91. The Hall–Kier alpha value is -3.07. The van der Waals surface area contributed by atoms with Crippen molar-refractivity contribution in [3.63, 3.8) is 0 Å². The lowest BCUT2D eigenvalue weighted by Crippen LogP contribution is -2.47. The fourth-order valence-electron chi connectivity index (χ4n) is 3.25. The first kappa shape index (κ1) is 18.7. The number of β-amino-alcohol motifs (C(OH)–C–C–N with tert-alkyl or cyclic N) is 1. The van der Waals surface area contributed by atoms with Crippen LogP contribution >= 0.6 is 0 Å². The molecule has 9 nitrogen and oxygen atoms in total. The number of urea groups is 1. The number of fused-ring (bicyclic) bond motifs is 1. The maximum atomic E-state index is 12.6. The molecule has 1 aromatic carbocycles. The predicted octanol–water partition coefficient (Wildman–Crippen LogP) is 0.730. The molecule has 2 heterocycles. The van der Waals surface area contributed by atoms with Gasteiger partial charge in [-0.1, -0.05) is 0 Å². The molecule has 2 aliphatic rings. The maximum absolute atomic E-state index is 12.6. The lowest BCUT2D eigenvalue weighted by molar-refractivity contribution is -0.136. The molecule has 0 saturated carbocycles. The van der Waals surface area contributed by atoms with Gasteiger partial charge in [0.15, 0.2) is 0 Å². The average molecular weight is 374 g/mol. The van der Waals surface area contributed by atoms with Gasteiger partial charge in [0.2, 0.25) is 0 Å². The van der Waals surface area contributed by atoms with Crippen LogP contribution in [0.2, 0.25) is 0 Å². The van der Waals surface area contributed by atoms with Crippen molar-refractivity contribution >= 4 is 29.3 Å². The largest absolute Gasteiger partial charge is 0.466 e. The van der Waals surface area contributed by atoms with Crippen LogP contribution in [0.15, 0.2) is 29.5 Å². The van der Waals surface area contributed by atoms with Crippen molar-refractivity contribution < 1.29 is 24.2 Å². The van der Waals surface area contributed by atoms with Gasteiger partial charge in [-0.05, 0) is 32.0 Å². The summed E-state index contributed by atoms with van der Waals surface area (Å²) in [7, 11) is 1.25. The van der Waals surface area contributed by atoms with E-state index >= 15 is 0 Å². The minimum Gasteiger partial charge on any atom is -0.466 e. The molecule has 4 N–H and O–H groups in total. The molecule has 0 radical (unpaired) electrons. The van der Waals surface area contributed by atoms with Gasteiger partial charge in [-0.15, -0.1) is 0 Å². The van der Waals surface area contributed by atoms with Crippen molar-refractivity contribution in [2.24, 2.45) is 0 Å². The van der Waals surface area contributed by atoms with Gasteiger partial charge in [0.1, 0.15) is 5.70 Å². The summed E-state index contributed by atoms with van der Waals surface area (Å²) < 4.78 is 4.78. The topological polar surface area (TPSA) is 120 Å². The van der Waals surface area contributed by atoms with Crippen LogP contribution in [0.25, 0.3) is 0 Å². The Morgan fingerprint density at radius 1 is 1.37 bits per heavy atom. The fourth-order valence-corrected chi connectivity index (χ4v) is 3.25. The Labute approximate surface area is 156 Å². The van der Waals surface area contributed by atoms with Crippen LogP contribution in [0.1, 0.15) is 19.4 Å². The van der Waals surface area contributed by atoms with Crippen LogP contribution < -0.4 is 16.0 Å². The van der Waals surface area contributed by atoms with Gasteiger partial charge >= 0.3 is 12.0 Å². The van der Waals surface area contributed by atoms with Crippen LogP contribution in [0.3, 0.4) is 0 Å². The number of hydrogen-bond acceptors (Lipinski definition) is 6. The number of aliphatic hydroxyl groups excluding tert-OH is 1. The fraction of sp³-hybridized carbons (Fsp3) is 0.389. The highest BCUT2D eigenvalue weighted by Gasteiger charge is 2.35. The predicted molar refractivity (Wildman–Crippen MR) is 98.0 cm³/mol. The summed E-state index contributed by atoms with van der Waals surface area (Å²) in [5.41, 5.74) is 1.84. The summed E-state index contributed by atoms with van der Waals surface area (Å²) in [4.78, 5) is 37.8. The number of aliphatic hydroxyl groups is 1. The SMILES string of the molecule is COC(=O)C1=C(Nc2ccc3c(c2)C(C)(C)NC(=O)N3)C(=O)N(CCO)C1. The van der Waals surface area contributed by atoms with Gasteiger partial charge in [0.25, 0.3) is 5.91 Å². The molecule has 0 spiro atoms. The van der Waals surface area contributed by atoms with E-state index in [2.05, 4.69) is 16.0 Å². The second kappa shape index (κ2) is 6.92. The van der Waals surface area contributed by atoms with E-state index in [-0.39, 0.29) is 42.9 Å². The number of methoxy groups -OCH3 is 1. The van der Waals surface area contributed by atoms with Crippen molar-refractivity contribution in [1.82, 2.24) is 10.2 Å². The summed E-state index contributed by atoms with van der Waals surface area (Å²) in [5, 5.41) is 17.7. The highest BCUT2D eigenvalue weighted by atomic mass is 16.5. The number of carbonyl (C=O) groups is 3. The molecule has 0 unspecified atom stereocenters. The molecule has 144 valence electrons. The Kier molecular flexibility index (Phi) is 4.79. The highest BCUT2D eigenvalue weighted by Crippen LogP contribution is 2.34. The minimum atomic E-state index is -0.600. The first-order valence-electron chi connectivity index (χ1n) is 8.49. The van der Waals surface area contributed by atoms with E-state index < -0.39 is 11.5 Å². The van der Waals surface area contributed by atoms with Gasteiger partial charge in [0, 0.05) is 23.5 Å². The molecule has 0 aromatic heterocycles. The standard InChI is InChI=1S/C18H22N4O5/c1-18(2)12-8-10(4-5-13(12)20-17(26)21-18)19-14-11(16(25)27-3)9-22(6-7-23)15(14)24/h4-5,8,19,23H,6-7,9H2,1-3H3,(H2,20,21,26). The summed E-state index contributed by atoms with van der Waals surface area (Å²) in [5.74, 6) is -0.980. The Balaban J connectivity index is 1.94. The van der Waals surface area contributed by atoms with Gasteiger partial charge in [-0.3, -0.25) is 4.79 Å². The monoisotopic (exact) mass is 374 g/mol. The van der Waals surface area contributed by atoms with Crippen molar-refractivity contribution in [3.05, 3.63) is 35.0 Å². The van der Waals surface area contributed by atoms with Gasteiger partial charge in [0.05, 0.1) is 31.4 Å². The zero-order chi connectivity index (χ0) is 19.8. The molecule has 3 amide bonds. The van der Waals surface area contributed by atoms with Crippen molar-refractivity contribution in [2.75, 3.05) is 37.4 Å². The molecule has 2 aliphatic heterocycles.